The fourth-order valence-electron chi connectivity index (χ4n) is 2.04. The van der Waals surface area contributed by atoms with Gasteiger partial charge < -0.3 is 9.47 Å². The van der Waals surface area contributed by atoms with E-state index in [1.807, 2.05) is 0 Å². The second kappa shape index (κ2) is 12.4. The zero-order valence-electron chi connectivity index (χ0n) is 13.5. The molecule has 0 aliphatic heterocycles. The molecule has 5 nitrogen and oxygen atoms in total. The summed E-state index contributed by atoms with van der Waals surface area (Å²) in [5, 5.41) is 0. The molecule has 0 aromatic heterocycles. The number of carbonyl (C=O) groups excluding carboxylic acids is 3. The molecule has 0 heterocycles. The highest BCUT2D eigenvalue weighted by molar-refractivity contribution is 6.01. The lowest BCUT2D eigenvalue weighted by Crippen LogP contribution is -2.29. The minimum atomic E-state index is -1.02. The van der Waals surface area contributed by atoms with Gasteiger partial charge in [0.1, 0.15) is 11.7 Å². The van der Waals surface area contributed by atoms with Crippen molar-refractivity contribution in [1.82, 2.24) is 0 Å². The number of hydrogen-bond donors (Lipinski definition) is 0. The highest BCUT2D eigenvalue weighted by Gasteiger charge is 2.30. The van der Waals surface area contributed by atoms with E-state index in [4.69, 9.17) is 9.47 Å². The quantitative estimate of drug-likeness (QED) is 0.315. The highest BCUT2D eigenvalue weighted by Crippen LogP contribution is 2.15. The van der Waals surface area contributed by atoms with Gasteiger partial charge in [-0.2, -0.15) is 0 Å². The van der Waals surface area contributed by atoms with Crippen LogP contribution in [0.15, 0.2) is 0 Å². The summed E-state index contributed by atoms with van der Waals surface area (Å²) in [4.78, 5) is 35.4. The van der Waals surface area contributed by atoms with Crippen molar-refractivity contribution in [2.24, 2.45) is 5.92 Å². The molecule has 0 aromatic rings. The first-order valence-electron chi connectivity index (χ1n) is 7.91. The number of esters is 2. The normalized spacial score (nSPS) is 11.8. The van der Waals surface area contributed by atoms with Gasteiger partial charge in [0, 0.05) is 6.42 Å². The van der Waals surface area contributed by atoms with Crippen LogP contribution in [0.4, 0.5) is 0 Å². The smallest absolute Gasteiger partial charge is 0.317 e. The van der Waals surface area contributed by atoms with Crippen molar-refractivity contribution in [2.75, 3.05) is 13.2 Å². The van der Waals surface area contributed by atoms with Crippen molar-refractivity contribution in [2.45, 2.75) is 65.7 Å². The lowest BCUT2D eigenvalue weighted by atomic mass is 9.95. The summed E-state index contributed by atoms with van der Waals surface area (Å²) in [6.07, 6.45) is 5.19. The average molecular weight is 300 g/mol. The van der Waals surface area contributed by atoms with Crippen molar-refractivity contribution < 1.29 is 23.9 Å². The molecule has 0 spiro atoms. The fraction of sp³-hybridized carbons (Fsp3) is 0.812. The van der Waals surface area contributed by atoms with Crippen LogP contribution >= 0.6 is 0 Å². The van der Waals surface area contributed by atoms with Crippen LogP contribution in [0.5, 0.6) is 0 Å². The van der Waals surface area contributed by atoms with E-state index in [1.54, 1.807) is 13.8 Å². The second-order valence-electron chi connectivity index (χ2n) is 4.94. The van der Waals surface area contributed by atoms with Crippen LogP contribution in [-0.2, 0) is 23.9 Å². The molecule has 5 heteroatoms. The minimum absolute atomic E-state index is 0.196. The Balaban J connectivity index is 4.38. The van der Waals surface area contributed by atoms with Crippen LogP contribution in [-0.4, -0.2) is 30.9 Å². The predicted molar refractivity (Wildman–Crippen MR) is 79.8 cm³/mol. The summed E-state index contributed by atoms with van der Waals surface area (Å²) >= 11 is 0. The van der Waals surface area contributed by atoms with Crippen molar-refractivity contribution in [3.05, 3.63) is 0 Å². The van der Waals surface area contributed by atoms with Gasteiger partial charge in [0.05, 0.1) is 19.6 Å². The van der Waals surface area contributed by atoms with Gasteiger partial charge in [-0.3, -0.25) is 14.4 Å². The summed E-state index contributed by atoms with van der Waals surface area (Å²) < 4.78 is 9.69. The van der Waals surface area contributed by atoms with Gasteiger partial charge in [-0.15, -0.1) is 0 Å². The standard InChI is InChI=1S/C16H28O5/c1-4-7-8-9-10-11-14(17)13(16(19)21-6-3)12-15(18)20-5-2/h13H,4-12H2,1-3H3. The third kappa shape index (κ3) is 9.21. The van der Waals surface area contributed by atoms with Gasteiger partial charge in [0.2, 0.25) is 0 Å². The monoisotopic (exact) mass is 300 g/mol. The molecule has 0 rings (SSSR count). The van der Waals surface area contributed by atoms with Crippen LogP contribution in [0.3, 0.4) is 0 Å². The van der Waals surface area contributed by atoms with Gasteiger partial charge in [-0.25, -0.2) is 0 Å². The Morgan fingerprint density at radius 2 is 1.48 bits per heavy atom. The number of hydrogen-bond acceptors (Lipinski definition) is 5. The van der Waals surface area contributed by atoms with E-state index in [-0.39, 0.29) is 25.4 Å². The first-order chi connectivity index (χ1) is 10.1. The van der Waals surface area contributed by atoms with Crippen LogP contribution < -0.4 is 0 Å². The summed E-state index contributed by atoms with van der Waals surface area (Å²) in [6, 6.07) is 0. The van der Waals surface area contributed by atoms with Crippen molar-refractivity contribution in [3.63, 3.8) is 0 Å². The van der Waals surface area contributed by atoms with Crippen LogP contribution in [0.1, 0.15) is 65.7 Å². The summed E-state index contributed by atoms with van der Waals surface area (Å²) in [6.45, 7) is 5.92. The Morgan fingerprint density at radius 1 is 0.857 bits per heavy atom. The summed E-state index contributed by atoms with van der Waals surface area (Å²) in [5.41, 5.74) is 0. The molecule has 0 fully saturated rings. The largest absolute Gasteiger partial charge is 0.466 e. The molecule has 21 heavy (non-hydrogen) atoms. The molecular weight excluding hydrogens is 272 g/mol. The number of ether oxygens (including phenoxy) is 2. The van der Waals surface area contributed by atoms with Gasteiger partial charge in [-0.1, -0.05) is 32.6 Å². The predicted octanol–water partition coefficient (Wildman–Crippen LogP) is 3.05. The van der Waals surface area contributed by atoms with Crippen LogP contribution in [0, 0.1) is 5.92 Å². The molecule has 0 N–H and O–H groups in total. The molecule has 122 valence electrons. The van der Waals surface area contributed by atoms with E-state index in [0.717, 1.165) is 32.1 Å². The third-order valence-corrected chi connectivity index (χ3v) is 3.16. The molecule has 0 aliphatic carbocycles. The zero-order valence-corrected chi connectivity index (χ0v) is 13.5. The molecular formula is C16H28O5. The Kier molecular flexibility index (Phi) is 11.5. The van der Waals surface area contributed by atoms with Crippen molar-refractivity contribution in [1.29, 1.82) is 0 Å². The van der Waals surface area contributed by atoms with Crippen molar-refractivity contribution in [3.8, 4) is 0 Å². The minimum Gasteiger partial charge on any atom is -0.466 e. The number of carbonyl (C=O) groups is 3. The first kappa shape index (κ1) is 19.6. The number of Topliss-reactive ketones (excluding diaryl/α,β-unsaturated/α-hetero) is 1. The van der Waals surface area contributed by atoms with Gasteiger partial charge >= 0.3 is 11.9 Å². The van der Waals surface area contributed by atoms with E-state index in [2.05, 4.69) is 6.92 Å². The molecule has 0 aliphatic rings. The maximum Gasteiger partial charge on any atom is 0.317 e. The van der Waals surface area contributed by atoms with Crippen molar-refractivity contribution >= 4 is 17.7 Å². The zero-order chi connectivity index (χ0) is 16.1. The number of unbranched alkanes of at least 4 members (excludes halogenated alkanes) is 4. The van der Waals surface area contributed by atoms with E-state index in [0.29, 0.717) is 6.42 Å². The molecule has 0 radical (unpaired) electrons. The average Bonchev–Trinajstić information content (AvgIpc) is 2.44. The Bertz CT molecular complexity index is 325. The second-order valence-corrected chi connectivity index (χ2v) is 4.94. The molecule has 1 atom stereocenters. The molecule has 0 amide bonds. The Hall–Kier alpha value is -1.39. The van der Waals surface area contributed by atoms with E-state index >= 15 is 0 Å². The maximum atomic E-state index is 12.1. The highest BCUT2D eigenvalue weighted by atomic mass is 16.5. The van der Waals surface area contributed by atoms with E-state index in [9.17, 15) is 14.4 Å². The molecule has 0 bridgehead atoms. The number of ketones is 1. The van der Waals surface area contributed by atoms with Gasteiger partial charge in [0.15, 0.2) is 0 Å². The third-order valence-electron chi connectivity index (χ3n) is 3.16. The van der Waals surface area contributed by atoms with Gasteiger partial charge in [0.25, 0.3) is 0 Å². The molecule has 0 saturated heterocycles. The molecule has 0 saturated carbocycles. The summed E-state index contributed by atoms with van der Waals surface area (Å²) in [5.74, 6) is -2.40. The molecule has 0 aromatic carbocycles. The number of rotatable bonds is 12. The molecule has 1 unspecified atom stereocenters. The maximum absolute atomic E-state index is 12.1. The van der Waals surface area contributed by atoms with Crippen LogP contribution in [0.25, 0.3) is 0 Å². The lowest BCUT2D eigenvalue weighted by Gasteiger charge is -2.13. The van der Waals surface area contributed by atoms with Gasteiger partial charge in [-0.05, 0) is 20.3 Å². The van der Waals surface area contributed by atoms with Crippen LogP contribution in [0.2, 0.25) is 0 Å². The topological polar surface area (TPSA) is 69.7 Å². The Morgan fingerprint density at radius 3 is 2.05 bits per heavy atom. The lowest BCUT2D eigenvalue weighted by molar-refractivity contribution is -0.158. The van der Waals surface area contributed by atoms with E-state index in [1.165, 1.54) is 0 Å². The Labute approximate surface area is 127 Å². The fourth-order valence-corrected chi connectivity index (χ4v) is 2.04. The van der Waals surface area contributed by atoms with E-state index < -0.39 is 17.9 Å². The first-order valence-corrected chi connectivity index (χ1v) is 7.91. The summed E-state index contributed by atoms with van der Waals surface area (Å²) in [7, 11) is 0. The SMILES string of the molecule is CCCCCCCC(=O)C(CC(=O)OCC)C(=O)OCC.